The maximum atomic E-state index is 12.4. The van der Waals surface area contributed by atoms with Crippen LogP contribution in [-0.4, -0.2) is 52.6 Å². The predicted octanol–water partition coefficient (Wildman–Crippen LogP) is 2.61. The van der Waals surface area contributed by atoms with Gasteiger partial charge in [0.1, 0.15) is 5.75 Å². The number of nitrogens with zero attached hydrogens (tertiary/aromatic N) is 1. The van der Waals surface area contributed by atoms with E-state index in [-0.39, 0.29) is 25.0 Å². The Bertz CT molecular complexity index is 561. The Morgan fingerprint density at radius 3 is 2.91 bits per heavy atom. The molecular weight excluding hydrogens is 314 g/mol. The summed E-state index contributed by atoms with van der Waals surface area (Å²) in [6.45, 7) is 4.73. The Balaban J connectivity index is 1.95. The molecule has 1 saturated heterocycles. The Hall–Kier alpha value is -1.69. The van der Waals surface area contributed by atoms with Gasteiger partial charge in [-0.1, -0.05) is 26.0 Å². The van der Waals surface area contributed by atoms with E-state index in [2.05, 4.69) is 13.8 Å². The molecule has 0 radical (unpaired) electrons. The van der Waals surface area contributed by atoms with Crippen molar-refractivity contribution in [2.24, 2.45) is 0 Å². The van der Waals surface area contributed by atoms with Gasteiger partial charge >= 0.3 is 5.97 Å². The van der Waals surface area contributed by atoms with Crippen molar-refractivity contribution in [1.29, 1.82) is 0 Å². The van der Waals surface area contributed by atoms with Gasteiger partial charge in [0.15, 0.2) is 6.61 Å². The van der Waals surface area contributed by atoms with Gasteiger partial charge in [0.25, 0.3) is 5.91 Å². The van der Waals surface area contributed by atoms with Crippen molar-refractivity contribution in [3.8, 4) is 5.75 Å². The first-order valence-electron chi connectivity index (χ1n) is 7.79. The number of hydrogen-bond donors (Lipinski definition) is 1. The van der Waals surface area contributed by atoms with E-state index >= 15 is 0 Å². The summed E-state index contributed by atoms with van der Waals surface area (Å²) in [5.74, 6) is 1.55. The topological polar surface area (TPSA) is 66.8 Å². The van der Waals surface area contributed by atoms with Crippen molar-refractivity contribution in [3.05, 3.63) is 29.8 Å². The summed E-state index contributed by atoms with van der Waals surface area (Å²) in [6.07, 6.45) is -0.0123. The Labute approximate surface area is 141 Å². The third-order valence-electron chi connectivity index (χ3n) is 3.85. The third-order valence-corrected chi connectivity index (χ3v) is 4.94. The fraction of sp³-hybridized carbons (Fsp3) is 0.529. The minimum atomic E-state index is -0.874. The minimum Gasteiger partial charge on any atom is -0.484 e. The summed E-state index contributed by atoms with van der Waals surface area (Å²) in [5.41, 5.74) is 1.16. The van der Waals surface area contributed by atoms with Crippen LogP contribution in [0.15, 0.2) is 24.3 Å². The van der Waals surface area contributed by atoms with Gasteiger partial charge in [0.2, 0.25) is 0 Å². The van der Waals surface area contributed by atoms with Gasteiger partial charge in [-0.15, -0.1) is 0 Å². The molecule has 1 atom stereocenters. The number of benzene rings is 1. The molecule has 1 unspecified atom stereocenters. The highest BCUT2D eigenvalue weighted by Gasteiger charge is 2.28. The fourth-order valence-electron chi connectivity index (χ4n) is 2.55. The number of carbonyl (C=O) groups excluding carboxylic acids is 1. The first kappa shape index (κ1) is 17.7. The molecular formula is C17H23NO4S. The van der Waals surface area contributed by atoms with Crippen LogP contribution < -0.4 is 4.74 Å². The lowest BCUT2D eigenvalue weighted by Gasteiger charge is -2.34. The summed E-state index contributed by atoms with van der Waals surface area (Å²) in [6, 6.07) is 7.48. The van der Waals surface area contributed by atoms with Crippen LogP contribution >= 0.6 is 11.8 Å². The van der Waals surface area contributed by atoms with Gasteiger partial charge in [-0.25, -0.2) is 0 Å². The van der Waals surface area contributed by atoms with Crippen LogP contribution in [0.1, 0.15) is 31.7 Å². The highest BCUT2D eigenvalue weighted by molar-refractivity contribution is 7.99. The smallest absolute Gasteiger partial charge is 0.305 e. The normalized spacial score (nSPS) is 18.0. The molecule has 126 valence electrons. The largest absolute Gasteiger partial charge is 0.484 e. The highest BCUT2D eigenvalue weighted by Crippen LogP contribution is 2.22. The molecule has 2 rings (SSSR count). The molecule has 1 fully saturated rings. The van der Waals surface area contributed by atoms with Crippen LogP contribution in [0.25, 0.3) is 0 Å². The summed E-state index contributed by atoms with van der Waals surface area (Å²) >= 11 is 1.69. The summed E-state index contributed by atoms with van der Waals surface area (Å²) in [4.78, 5) is 25.0. The van der Waals surface area contributed by atoms with Crippen molar-refractivity contribution in [2.75, 3.05) is 24.7 Å². The van der Waals surface area contributed by atoms with Gasteiger partial charge in [-0.3, -0.25) is 9.59 Å². The number of carboxylic acids is 1. The van der Waals surface area contributed by atoms with Crippen LogP contribution in [0.5, 0.6) is 5.75 Å². The maximum absolute atomic E-state index is 12.4. The van der Waals surface area contributed by atoms with Crippen LogP contribution in [0.2, 0.25) is 0 Å². The third kappa shape index (κ3) is 5.16. The molecule has 6 heteroatoms. The van der Waals surface area contributed by atoms with E-state index in [1.165, 1.54) is 0 Å². The van der Waals surface area contributed by atoms with Gasteiger partial charge < -0.3 is 14.7 Å². The molecule has 5 nitrogen and oxygen atoms in total. The zero-order chi connectivity index (χ0) is 16.8. The number of rotatable bonds is 6. The molecule has 0 aromatic heterocycles. The molecule has 0 bridgehead atoms. The van der Waals surface area contributed by atoms with Gasteiger partial charge in [-0.05, 0) is 23.6 Å². The number of aliphatic carboxylic acids is 1. The average molecular weight is 337 g/mol. The van der Waals surface area contributed by atoms with Crippen LogP contribution in [0.4, 0.5) is 0 Å². The number of thioether (sulfide) groups is 1. The second-order valence-electron chi connectivity index (χ2n) is 5.93. The zero-order valence-corrected chi connectivity index (χ0v) is 14.3. The van der Waals surface area contributed by atoms with Crippen molar-refractivity contribution in [3.63, 3.8) is 0 Å². The molecule has 1 aliphatic rings. The molecule has 23 heavy (non-hydrogen) atoms. The van der Waals surface area contributed by atoms with E-state index in [9.17, 15) is 9.59 Å². The molecule has 1 amide bonds. The quantitative estimate of drug-likeness (QED) is 0.864. The van der Waals surface area contributed by atoms with Crippen LogP contribution in [0, 0.1) is 0 Å². The summed E-state index contributed by atoms with van der Waals surface area (Å²) < 4.78 is 5.62. The molecule has 0 aliphatic carbocycles. The van der Waals surface area contributed by atoms with Crippen molar-refractivity contribution < 1.29 is 19.4 Å². The van der Waals surface area contributed by atoms with E-state index in [4.69, 9.17) is 9.84 Å². The molecule has 1 aromatic rings. The lowest BCUT2D eigenvalue weighted by molar-refractivity contribution is -0.141. The van der Waals surface area contributed by atoms with E-state index in [1.54, 1.807) is 16.7 Å². The second kappa shape index (κ2) is 8.24. The molecule has 1 heterocycles. The predicted molar refractivity (Wildman–Crippen MR) is 91.1 cm³/mol. The first-order chi connectivity index (χ1) is 11.0. The van der Waals surface area contributed by atoms with Crippen molar-refractivity contribution in [2.45, 2.75) is 32.2 Å². The molecule has 0 saturated carbocycles. The van der Waals surface area contributed by atoms with E-state index < -0.39 is 5.97 Å². The standard InChI is InChI=1S/C17H23NO4S/c1-12(2)13-4-3-5-15(8-13)22-10-16(19)18-6-7-23-11-14(18)9-17(20)21/h3-5,8,12,14H,6-7,9-11H2,1-2H3,(H,20,21). The minimum absolute atomic E-state index is 0.0123. The van der Waals surface area contributed by atoms with E-state index in [0.29, 0.717) is 24.0 Å². The fourth-order valence-corrected chi connectivity index (χ4v) is 3.61. The van der Waals surface area contributed by atoms with Gasteiger partial charge in [0.05, 0.1) is 12.5 Å². The Morgan fingerprint density at radius 2 is 2.22 bits per heavy atom. The number of carboxylic acid groups (broad SMARTS) is 1. The van der Waals surface area contributed by atoms with Crippen LogP contribution in [0.3, 0.4) is 0 Å². The summed E-state index contributed by atoms with van der Waals surface area (Å²) in [7, 11) is 0. The average Bonchev–Trinajstić information content (AvgIpc) is 2.53. The molecule has 1 aliphatic heterocycles. The molecule has 1 aromatic carbocycles. The maximum Gasteiger partial charge on any atom is 0.305 e. The van der Waals surface area contributed by atoms with Crippen molar-refractivity contribution >= 4 is 23.6 Å². The number of amides is 1. The lowest BCUT2D eigenvalue weighted by Crippen LogP contribution is -2.48. The van der Waals surface area contributed by atoms with Crippen LogP contribution in [-0.2, 0) is 9.59 Å². The zero-order valence-electron chi connectivity index (χ0n) is 13.5. The van der Waals surface area contributed by atoms with E-state index in [0.717, 1.165) is 11.3 Å². The van der Waals surface area contributed by atoms with E-state index in [1.807, 2.05) is 24.3 Å². The van der Waals surface area contributed by atoms with Gasteiger partial charge in [0, 0.05) is 18.1 Å². The number of carbonyl (C=O) groups is 2. The SMILES string of the molecule is CC(C)c1cccc(OCC(=O)N2CCSCC2CC(=O)O)c1. The van der Waals surface area contributed by atoms with Gasteiger partial charge in [-0.2, -0.15) is 11.8 Å². The van der Waals surface area contributed by atoms with Crippen molar-refractivity contribution in [1.82, 2.24) is 4.90 Å². The number of hydrogen-bond acceptors (Lipinski definition) is 4. The molecule has 1 N–H and O–H groups in total. The lowest BCUT2D eigenvalue weighted by atomic mass is 10.0. The molecule has 0 spiro atoms. The number of ether oxygens (including phenoxy) is 1. The summed E-state index contributed by atoms with van der Waals surface area (Å²) in [5, 5.41) is 8.98. The second-order valence-corrected chi connectivity index (χ2v) is 7.08. The Morgan fingerprint density at radius 1 is 1.43 bits per heavy atom. The Kier molecular flexibility index (Phi) is 6.33. The first-order valence-corrected chi connectivity index (χ1v) is 8.94. The highest BCUT2D eigenvalue weighted by atomic mass is 32.2. The monoisotopic (exact) mass is 337 g/mol.